The lowest BCUT2D eigenvalue weighted by Crippen LogP contribution is -2.49. The molecule has 7 rings (SSSR count). The van der Waals surface area contributed by atoms with Crippen molar-refractivity contribution < 1.29 is 36.6 Å². The number of pyridine rings is 1. The second-order valence-corrected chi connectivity index (χ2v) is 12.3. The van der Waals surface area contributed by atoms with Gasteiger partial charge in [-0.2, -0.15) is 13.9 Å². The monoisotopic (exact) mass is 678 g/mol. The van der Waals surface area contributed by atoms with Gasteiger partial charge in [-0.05, 0) is 66.8 Å². The third-order valence-corrected chi connectivity index (χ3v) is 9.27. The van der Waals surface area contributed by atoms with Crippen LogP contribution in [0, 0.1) is 18.6 Å². The van der Waals surface area contributed by atoms with Gasteiger partial charge in [-0.1, -0.05) is 6.07 Å². The van der Waals surface area contributed by atoms with Gasteiger partial charge >= 0.3 is 6.61 Å². The zero-order valence-electron chi connectivity index (χ0n) is 26.7. The van der Waals surface area contributed by atoms with Crippen molar-refractivity contribution in [2.75, 3.05) is 50.0 Å². The third kappa shape index (κ3) is 6.57. The Morgan fingerprint density at radius 3 is 2.45 bits per heavy atom. The molecule has 2 aromatic carbocycles. The Balaban J connectivity index is 1.08. The number of para-hydroxylation sites is 1. The number of ether oxygens (including phenoxy) is 3. The average molecular weight is 679 g/mol. The molecule has 49 heavy (non-hydrogen) atoms. The number of fused-ring (bicyclic) bond motifs is 1. The standard InChI is InChI=1S/C35H34F4N6O4/c1-20-13-31(49-33-26(36)3-2-4-27(33)37)41-19-29(20)45-34(40)25(18-42-45)32(46)23-14-21-16-28(30(48-35(38)39)17-22(21)15-23)44-7-5-24(6-8-44)43-9-11-47-12-10-43/h2-4,13,15-19,24,35H,5-12,14,40H2,1H3. The first-order chi connectivity index (χ1) is 23.7. The molecule has 1 aliphatic carbocycles. The minimum Gasteiger partial charge on any atom is -0.433 e. The number of piperidine rings is 1. The van der Waals surface area contributed by atoms with E-state index in [4.69, 9.17) is 19.9 Å². The van der Waals surface area contributed by atoms with Gasteiger partial charge in [0.05, 0.1) is 42.5 Å². The number of anilines is 2. The van der Waals surface area contributed by atoms with Crippen LogP contribution >= 0.6 is 0 Å². The van der Waals surface area contributed by atoms with Crippen LogP contribution in [0.4, 0.5) is 29.1 Å². The molecule has 3 aliphatic rings. The van der Waals surface area contributed by atoms with Gasteiger partial charge in [0.15, 0.2) is 17.4 Å². The molecule has 2 aromatic heterocycles. The van der Waals surface area contributed by atoms with Gasteiger partial charge in [0.1, 0.15) is 11.6 Å². The van der Waals surface area contributed by atoms with Crippen LogP contribution in [0.3, 0.4) is 0 Å². The lowest BCUT2D eigenvalue weighted by molar-refractivity contribution is -0.0495. The first-order valence-electron chi connectivity index (χ1n) is 16.0. The van der Waals surface area contributed by atoms with Crippen LogP contribution in [-0.4, -0.2) is 77.5 Å². The summed E-state index contributed by atoms with van der Waals surface area (Å²) in [5, 5.41) is 4.31. The smallest absolute Gasteiger partial charge is 0.387 e. The summed E-state index contributed by atoms with van der Waals surface area (Å²) in [6.45, 7) is 3.32. The highest BCUT2D eigenvalue weighted by atomic mass is 19.3. The molecule has 0 bridgehead atoms. The highest BCUT2D eigenvalue weighted by Crippen LogP contribution is 2.40. The summed E-state index contributed by atoms with van der Waals surface area (Å²) in [5.74, 6) is -2.58. The number of aromatic nitrogens is 3. The van der Waals surface area contributed by atoms with E-state index >= 15 is 0 Å². The van der Waals surface area contributed by atoms with E-state index in [1.54, 1.807) is 19.1 Å². The molecule has 2 aliphatic heterocycles. The van der Waals surface area contributed by atoms with Crippen LogP contribution in [-0.2, 0) is 11.2 Å². The van der Waals surface area contributed by atoms with E-state index in [1.807, 2.05) is 6.07 Å². The highest BCUT2D eigenvalue weighted by molar-refractivity contribution is 6.15. The Kier molecular flexibility index (Phi) is 8.99. The molecule has 256 valence electrons. The van der Waals surface area contributed by atoms with E-state index in [-0.39, 0.29) is 35.2 Å². The summed E-state index contributed by atoms with van der Waals surface area (Å²) in [5.41, 5.74) is 10.0. The minimum atomic E-state index is -3.00. The Labute approximate surface area is 279 Å². The first kappa shape index (κ1) is 32.6. The molecule has 10 nitrogen and oxygen atoms in total. The lowest BCUT2D eigenvalue weighted by atomic mass is 10.00. The molecule has 2 N–H and O–H groups in total. The number of ketones is 1. The summed E-state index contributed by atoms with van der Waals surface area (Å²) >= 11 is 0. The molecule has 0 spiro atoms. The van der Waals surface area contributed by atoms with E-state index in [2.05, 4.69) is 19.9 Å². The summed E-state index contributed by atoms with van der Waals surface area (Å²) in [6, 6.07) is 8.69. The minimum absolute atomic E-state index is 0.0443. The number of alkyl halides is 2. The fourth-order valence-corrected chi connectivity index (χ4v) is 6.74. The van der Waals surface area contributed by atoms with Crippen molar-refractivity contribution in [3.8, 4) is 23.1 Å². The number of Topliss-reactive ketones (excluding diaryl/α,β-unsaturated/α-hetero) is 1. The maximum Gasteiger partial charge on any atom is 0.387 e. The Hall–Kier alpha value is -4.95. The molecule has 2 saturated heterocycles. The van der Waals surface area contributed by atoms with Gasteiger partial charge in [-0.3, -0.25) is 9.69 Å². The summed E-state index contributed by atoms with van der Waals surface area (Å²) < 4.78 is 72.3. The number of allylic oxidation sites excluding steroid dienone is 1. The van der Waals surface area contributed by atoms with Crippen molar-refractivity contribution in [3.05, 3.63) is 88.3 Å². The van der Waals surface area contributed by atoms with Crippen LogP contribution in [0.15, 0.2) is 54.4 Å². The number of halogens is 4. The summed E-state index contributed by atoms with van der Waals surface area (Å²) in [4.78, 5) is 22.4. The number of benzene rings is 2. The largest absolute Gasteiger partial charge is 0.433 e. The number of hydrogen-bond acceptors (Lipinski definition) is 9. The number of aryl methyl sites for hydroxylation is 1. The fraction of sp³-hybridized carbons (Fsp3) is 0.343. The number of nitrogens with zero attached hydrogens (tertiary/aromatic N) is 5. The second-order valence-electron chi connectivity index (χ2n) is 12.3. The Bertz CT molecular complexity index is 1900. The van der Waals surface area contributed by atoms with Crippen molar-refractivity contribution in [3.63, 3.8) is 0 Å². The number of carbonyl (C=O) groups is 1. The molecule has 0 atom stereocenters. The predicted molar refractivity (Wildman–Crippen MR) is 174 cm³/mol. The molecule has 4 heterocycles. The predicted octanol–water partition coefficient (Wildman–Crippen LogP) is 5.95. The molecular formula is C35H34F4N6O4. The average Bonchev–Trinajstić information content (AvgIpc) is 3.69. The fourth-order valence-electron chi connectivity index (χ4n) is 6.74. The molecule has 0 saturated carbocycles. The molecular weight excluding hydrogens is 644 g/mol. The number of rotatable bonds is 9. The topological polar surface area (TPSA) is 108 Å². The Morgan fingerprint density at radius 2 is 1.76 bits per heavy atom. The first-order valence-corrected chi connectivity index (χ1v) is 16.0. The lowest BCUT2D eigenvalue weighted by Gasteiger charge is -2.41. The number of hydrogen-bond donors (Lipinski definition) is 1. The summed E-state index contributed by atoms with van der Waals surface area (Å²) in [6.07, 6.45) is 6.47. The molecule has 2 fully saturated rings. The number of morpholine rings is 1. The maximum atomic E-state index is 14.1. The molecule has 0 unspecified atom stereocenters. The van der Waals surface area contributed by atoms with Crippen molar-refractivity contribution in [1.29, 1.82) is 0 Å². The van der Waals surface area contributed by atoms with Gasteiger partial charge in [-0.25, -0.2) is 18.4 Å². The zero-order chi connectivity index (χ0) is 34.2. The van der Waals surface area contributed by atoms with E-state index < -0.39 is 24.0 Å². The van der Waals surface area contributed by atoms with Crippen molar-refractivity contribution in [2.45, 2.75) is 38.8 Å². The second kappa shape index (κ2) is 13.5. The summed E-state index contributed by atoms with van der Waals surface area (Å²) in [7, 11) is 0. The number of nitrogens with two attached hydrogens (primary N) is 1. The van der Waals surface area contributed by atoms with E-state index in [0.29, 0.717) is 47.2 Å². The van der Waals surface area contributed by atoms with Crippen LogP contribution in [0.5, 0.6) is 17.4 Å². The third-order valence-electron chi connectivity index (χ3n) is 9.27. The zero-order valence-corrected chi connectivity index (χ0v) is 26.7. The van der Waals surface area contributed by atoms with Crippen molar-refractivity contribution in [2.24, 2.45) is 0 Å². The van der Waals surface area contributed by atoms with Crippen LogP contribution in [0.25, 0.3) is 11.8 Å². The van der Waals surface area contributed by atoms with Gasteiger partial charge in [-0.15, -0.1) is 0 Å². The van der Waals surface area contributed by atoms with Gasteiger partial charge in [0.2, 0.25) is 11.6 Å². The van der Waals surface area contributed by atoms with Crippen LogP contribution in [0.1, 0.15) is 39.9 Å². The normalized spacial score (nSPS) is 16.9. The van der Waals surface area contributed by atoms with Crippen molar-refractivity contribution in [1.82, 2.24) is 19.7 Å². The molecule has 14 heteroatoms. The van der Waals surface area contributed by atoms with Crippen LogP contribution in [0.2, 0.25) is 0 Å². The van der Waals surface area contributed by atoms with E-state index in [0.717, 1.165) is 56.8 Å². The van der Waals surface area contributed by atoms with E-state index in [1.165, 1.54) is 29.2 Å². The highest BCUT2D eigenvalue weighted by Gasteiger charge is 2.30. The maximum absolute atomic E-state index is 14.1. The van der Waals surface area contributed by atoms with E-state index in [9.17, 15) is 22.4 Å². The van der Waals surface area contributed by atoms with Crippen molar-refractivity contribution >= 4 is 23.4 Å². The number of carbonyl (C=O) groups excluding carboxylic acids is 1. The molecule has 0 amide bonds. The Morgan fingerprint density at radius 1 is 1.02 bits per heavy atom. The van der Waals surface area contributed by atoms with Gasteiger partial charge < -0.3 is 24.8 Å². The quantitative estimate of drug-likeness (QED) is 0.170. The van der Waals surface area contributed by atoms with Gasteiger partial charge in [0, 0.05) is 50.3 Å². The number of nitrogen functional groups attached to an aromatic ring is 1. The molecule has 0 radical (unpaired) electrons. The SMILES string of the molecule is Cc1cc(Oc2c(F)cccc2F)ncc1-n1ncc(C(=O)C2=Cc3cc(OC(F)F)c(N4CCC(N5CCOCC5)CC4)cc3C2)c1N. The van der Waals surface area contributed by atoms with Crippen LogP contribution < -0.4 is 20.1 Å². The van der Waals surface area contributed by atoms with Gasteiger partial charge in [0.25, 0.3) is 0 Å². The molecule has 4 aromatic rings.